The van der Waals surface area contributed by atoms with E-state index in [1.165, 1.54) is 18.5 Å². The number of unbranched alkanes of at least 4 members (excludes halogenated alkanes) is 1. The number of nitrogens with zero attached hydrogens (tertiary/aromatic N) is 3. The molecule has 1 unspecified atom stereocenters. The smallest absolute Gasteiger partial charge is 0.328 e. The molecule has 0 spiro atoms. The Balaban J connectivity index is 3.17. The molecule has 1 aromatic rings. The van der Waals surface area contributed by atoms with Gasteiger partial charge in [0, 0.05) is 0 Å². The Hall–Kier alpha value is -1.92. The first-order chi connectivity index (χ1) is 8.40. The molecule has 0 fully saturated rings. The predicted molar refractivity (Wildman–Crippen MR) is 64.6 cm³/mol. The van der Waals surface area contributed by atoms with Crippen LogP contribution in [0.3, 0.4) is 0 Å². The molecule has 7 heteroatoms. The van der Waals surface area contributed by atoms with E-state index in [4.69, 9.17) is 0 Å². The Morgan fingerprint density at radius 2 is 2.17 bits per heavy atom. The summed E-state index contributed by atoms with van der Waals surface area (Å²) in [7, 11) is 0. The van der Waals surface area contributed by atoms with Crippen LogP contribution in [0, 0.1) is 24.0 Å². The van der Waals surface area contributed by atoms with E-state index in [-0.39, 0.29) is 11.4 Å². The lowest BCUT2D eigenvalue weighted by Gasteiger charge is -2.13. The van der Waals surface area contributed by atoms with Crippen molar-refractivity contribution < 1.29 is 14.8 Å². The van der Waals surface area contributed by atoms with Crippen molar-refractivity contribution in [3.05, 3.63) is 21.5 Å². The summed E-state index contributed by atoms with van der Waals surface area (Å²) in [6.07, 6.45) is 2.03. The lowest BCUT2D eigenvalue weighted by molar-refractivity contribution is -0.386. The molecule has 0 aliphatic heterocycles. The monoisotopic (exact) mass is 255 g/mol. The van der Waals surface area contributed by atoms with E-state index in [2.05, 4.69) is 5.10 Å². The average molecular weight is 255 g/mol. The maximum atomic E-state index is 11.2. The molecule has 0 radical (unpaired) electrons. The summed E-state index contributed by atoms with van der Waals surface area (Å²) in [5.41, 5.74) is 0.444. The van der Waals surface area contributed by atoms with Gasteiger partial charge in [-0.05, 0) is 20.3 Å². The van der Waals surface area contributed by atoms with E-state index in [9.17, 15) is 20.0 Å². The molecule has 0 saturated heterocycles. The number of hydrogen-bond acceptors (Lipinski definition) is 4. The van der Waals surface area contributed by atoms with Gasteiger partial charge in [0.15, 0.2) is 0 Å². The number of carboxylic acid groups (broad SMARTS) is 1. The molecule has 0 saturated carbocycles. The largest absolute Gasteiger partial charge is 0.480 e. The van der Waals surface area contributed by atoms with Gasteiger partial charge in [-0.15, -0.1) is 0 Å². The minimum absolute atomic E-state index is 0.0993. The number of hydrogen-bond donors (Lipinski definition) is 1. The first kappa shape index (κ1) is 14.1. The molecule has 0 bridgehead atoms. The lowest BCUT2D eigenvalue weighted by atomic mass is 10.1. The molecule has 0 aliphatic carbocycles. The van der Waals surface area contributed by atoms with Crippen molar-refractivity contribution in [1.82, 2.24) is 9.78 Å². The van der Waals surface area contributed by atoms with Crippen LogP contribution >= 0.6 is 0 Å². The second kappa shape index (κ2) is 5.61. The highest BCUT2D eigenvalue weighted by Crippen LogP contribution is 2.26. The van der Waals surface area contributed by atoms with Crippen LogP contribution < -0.4 is 0 Å². The summed E-state index contributed by atoms with van der Waals surface area (Å²) in [6.45, 7) is 5.00. The summed E-state index contributed by atoms with van der Waals surface area (Å²) < 4.78 is 1.26. The molecular weight excluding hydrogens is 238 g/mol. The first-order valence-electron chi connectivity index (χ1n) is 5.83. The molecule has 7 nitrogen and oxygen atoms in total. The third-order valence-corrected chi connectivity index (χ3v) is 2.88. The van der Waals surface area contributed by atoms with E-state index < -0.39 is 16.9 Å². The van der Waals surface area contributed by atoms with Gasteiger partial charge in [0.1, 0.15) is 17.4 Å². The minimum Gasteiger partial charge on any atom is -0.480 e. The maximum Gasteiger partial charge on any atom is 0.328 e. The van der Waals surface area contributed by atoms with Crippen LogP contribution in [0.5, 0.6) is 0 Å². The zero-order valence-electron chi connectivity index (χ0n) is 10.7. The number of aliphatic carboxylic acids is 1. The van der Waals surface area contributed by atoms with Crippen LogP contribution in [0.4, 0.5) is 5.69 Å². The Bertz CT molecular complexity index is 467. The van der Waals surface area contributed by atoms with Crippen molar-refractivity contribution in [1.29, 1.82) is 0 Å². The summed E-state index contributed by atoms with van der Waals surface area (Å²) in [5, 5.41) is 24.1. The van der Waals surface area contributed by atoms with Crippen molar-refractivity contribution in [3.63, 3.8) is 0 Å². The van der Waals surface area contributed by atoms with Crippen LogP contribution in [0.15, 0.2) is 0 Å². The number of carboxylic acids is 1. The van der Waals surface area contributed by atoms with Crippen LogP contribution in [-0.2, 0) is 4.79 Å². The van der Waals surface area contributed by atoms with Gasteiger partial charge in [-0.1, -0.05) is 19.8 Å². The van der Waals surface area contributed by atoms with Crippen LogP contribution in [-0.4, -0.2) is 25.8 Å². The highest BCUT2D eigenvalue weighted by atomic mass is 16.6. The fourth-order valence-electron chi connectivity index (χ4n) is 1.97. The third-order valence-electron chi connectivity index (χ3n) is 2.88. The van der Waals surface area contributed by atoms with Crippen molar-refractivity contribution in [2.45, 2.75) is 46.1 Å². The zero-order valence-corrected chi connectivity index (χ0v) is 10.7. The Morgan fingerprint density at radius 1 is 1.56 bits per heavy atom. The second-order valence-electron chi connectivity index (χ2n) is 4.22. The molecule has 0 amide bonds. The lowest BCUT2D eigenvalue weighted by Crippen LogP contribution is -2.21. The SMILES string of the molecule is CCCCC(C(=O)O)n1nc(C)c([N+](=O)[O-])c1C. The molecule has 1 rings (SSSR count). The van der Waals surface area contributed by atoms with Crippen LogP contribution in [0.1, 0.15) is 43.6 Å². The van der Waals surface area contributed by atoms with Gasteiger partial charge in [0.25, 0.3) is 0 Å². The fourth-order valence-corrected chi connectivity index (χ4v) is 1.97. The number of rotatable bonds is 6. The molecule has 1 aromatic heterocycles. The number of aromatic nitrogens is 2. The van der Waals surface area contributed by atoms with Gasteiger partial charge in [-0.25, -0.2) is 9.48 Å². The van der Waals surface area contributed by atoms with Crippen molar-refractivity contribution in [2.24, 2.45) is 0 Å². The standard InChI is InChI=1S/C11H17N3O4/c1-4-5-6-9(11(15)16)13-8(3)10(14(17)18)7(2)12-13/h9H,4-6H2,1-3H3,(H,15,16). The van der Waals surface area contributed by atoms with Crippen LogP contribution in [0.25, 0.3) is 0 Å². The average Bonchev–Trinajstić information content (AvgIpc) is 2.54. The van der Waals surface area contributed by atoms with Gasteiger partial charge in [0.05, 0.1) is 4.92 Å². The normalized spacial score (nSPS) is 12.4. The number of carbonyl (C=O) groups is 1. The summed E-state index contributed by atoms with van der Waals surface area (Å²) >= 11 is 0. The Labute approximate surface area is 105 Å². The van der Waals surface area contributed by atoms with Crippen molar-refractivity contribution in [3.8, 4) is 0 Å². The highest BCUT2D eigenvalue weighted by Gasteiger charge is 2.28. The predicted octanol–water partition coefficient (Wildman–Crippen LogP) is 2.22. The molecule has 1 heterocycles. The molecule has 0 aliphatic rings. The third kappa shape index (κ3) is 2.66. The van der Waals surface area contributed by atoms with E-state index in [1.54, 1.807) is 0 Å². The molecule has 18 heavy (non-hydrogen) atoms. The van der Waals surface area contributed by atoms with E-state index in [0.29, 0.717) is 12.1 Å². The molecular formula is C11H17N3O4. The van der Waals surface area contributed by atoms with Gasteiger partial charge in [0.2, 0.25) is 0 Å². The maximum absolute atomic E-state index is 11.2. The molecule has 0 aromatic carbocycles. The van der Waals surface area contributed by atoms with E-state index in [1.807, 2.05) is 6.92 Å². The number of aryl methyl sites for hydroxylation is 1. The van der Waals surface area contributed by atoms with Gasteiger partial charge >= 0.3 is 11.7 Å². The van der Waals surface area contributed by atoms with Gasteiger partial charge < -0.3 is 5.11 Å². The summed E-state index contributed by atoms with van der Waals surface area (Å²) in [4.78, 5) is 21.6. The van der Waals surface area contributed by atoms with E-state index in [0.717, 1.165) is 12.8 Å². The zero-order chi connectivity index (χ0) is 13.9. The molecule has 1 atom stereocenters. The number of nitro groups is 1. The highest BCUT2D eigenvalue weighted by molar-refractivity contribution is 5.72. The Kier molecular flexibility index (Phi) is 4.41. The van der Waals surface area contributed by atoms with Gasteiger partial charge in [-0.3, -0.25) is 10.1 Å². The van der Waals surface area contributed by atoms with Crippen molar-refractivity contribution in [2.75, 3.05) is 0 Å². The first-order valence-corrected chi connectivity index (χ1v) is 5.83. The molecule has 1 N–H and O–H groups in total. The summed E-state index contributed by atoms with van der Waals surface area (Å²) in [6, 6.07) is -0.836. The topological polar surface area (TPSA) is 98.3 Å². The fraction of sp³-hybridized carbons (Fsp3) is 0.636. The Morgan fingerprint density at radius 3 is 2.56 bits per heavy atom. The van der Waals surface area contributed by atoms with Crippen molar-refractivity contribution >= 4 is 11.7 Å². The van der Waals surface area contributed by atoms with Crippen LogP contribution in [0.2, 0.25) is 0 Å². The summed E-state index contributed by atoms with van der Waals surface area (Å²) in [5.74, 6) is -1.01. The van der Waals surface area contributed by atoms with E-state index >= 15 is 0 Å². The second-order valence-corrected chi connectivity index (χ2v) is 4.22. The molecule has 100 valence electrons. The minimum atomic E-state index is -1.01. The quantitative estimate of drug-likeness (QED) is 0.620. The van der Waals surface area contributed by atoms with Gasteiger partial charge in [-0.2, -0.15) is 5.10 Å².